The summed E-state index contributed by atoms with van der Waals surface area (Å²) in [4.78, 5) is 0. The van der Waals surface area contributed by atoms with Crippen molar-refractivity contribution in [2.45, 2.75) is 12.2 Å². The lowest BCUT2D eigenvalue weighted by Gasteiger charge is -2.11. The Morgan fingerprint density at radius 2 is 1.25 bits per heavy atom. The molecule has 44 valence electrons. The summed E-state index contributed by atoms with van der Waals surface area (Å²) in [6, 6.07) is 0. The van der Waals surface area contributed by atoms with E-state index in [9.17, 15) is 0 Å². The van der Waals surface area contributed by atoms with Crippen molar-refractivity contribution in [2.24, 2.45) is 0 Å². The van der Waals surface area contributed by atoms with E-state index in [4.69, 9.17) is 10.2 Å². The molecule has 0 aromatic rings. The maximum atomic E-state index is 8.79. The van der Waals surface area contributed by atoms with Crippen LogP contribution in [0.15, 0.2) is 24.3 Å². The van der Waals surface area contributed by atoms with Gasteiger partial charge < -0.3 is 10.2 Å². The Kier molecular flexibility index (Phi) is 1.46. The van der Waals surface area contributed by atoms with Crippen LogP contribution in [0.3, 0.4) is 0 Å². The van der Waals surface area contributed by atoms with Crippen LogP contribution in [0.25, 0.3) is 0 Å². The van der Waals surface area contributed by atoms with Gasteiger partial charge in [-0.05, 0) is 0 Å². The highest BCUT2D eigenvalue weighted by Gasteiger charge is 2.09. The summed E-state index contributed by atoms with van der Waals surface area (Å²) in [5, 5.41) is 17.6. The van der Waals surface area contributed by atoms with Crippen molar-refractivity contribution < 1.29 is 10.2 Å². The maximum absolute atomic E-state index is 8.79. The first kappa shape index (κ1) is 5.54. The monoisotopic (exact) mass is 112 g/mol. The van der Waals surface area contributed by atoms with Crippen molar-refractivity contribution in [3.05, 3.63) is 24.3 Å². The number of rotatable bonds is 0. The molecule has 0 amide bonds. The lowest BCUT2D eigenvalue weighted by atomic mass is 10.1. The van der Waals surface area contributed by atoms with Crippen LogP contribution in [0.2, 0.25) is 0 Å². The van der Waals surface area contributed by atoms with Crippen LogP contribution in [0, 0.1) is 0 Å². The molecule has 2 nitrogen and oxygen atoms in total. The molecule has 0 spiro atoms. The van der Waals surface area contributed by atoms with Crippen molar-refractivity contribution in [1.29, 1.82) is 0 Å². The summed E-state index contributed by atoms with van der Waals surface area (Å²) in [5.41, 5.74) is 0. The maximum Gasteiger partial charge on any atom is 0.102 e. The predicted molar refractivity (Wildman–Crippen MR) is 30.3 cm³/mol. The van der Waals surface area contributed by atoms with Crippen LogP contribution in [0.1, 0.15) is 0 Å². The average molecular weight is 112 g/mol. The summed E-state index contributed by atoms with van der Waals surface area (Å²) in [5.74, 6) is 0. The molecule has 1 aliphatic rings. The van der Waals surface area contributed by atoms with Gasteiger partial charge in [-0.1, -0.05) is 24.3 Å². The van der Waals surface area contributed by atoms with E-state index in [2.05, 4.69) is 0 Å². The van der Waals surface area contributed by atoms with Crippen LogP contribution in [-0.4, -0.2) is 22.4 Å². The van der Waals surface area contributed by atoms with Gasteiger partial charge in [0.25, 0.3) is 0 Å². The van der Waals surface area contributed by atoms with Crippen LogP contribution in [0.5, 0.6) is 0 Å². The summed E-state index contributed by atoms with van der Waals surface area (Å²) in [6.07, 6.45) is 5.09. The Balaban J connectivity index is 2.59. The molecule has 8 heavy (non-hydrogen) atoms. The summed E-state index contributed by atoms with van der Waals surface area (Å²) in [6.45, 7) is 0. The fourth-order valence-corrected chi connectivity index (χ4v) is 0.584. The van der Waals surface area contributed by atoms with E-state index in [1.165, 1.54) is 0 Å². The first-order valence-corrected chi connectivity index (χ1v) is 2.52. The molecule has 0 saturated carbocycles. The molecule has 0 fully saturated rings. The molecular formula is C6H8O2. The Labute approximate surface area is 47.8 Å². The molecule has 0 heterocycles. The van der Waals surface area contributed by atoms with Crippen LogP contribution >= 0.6 is 0 Å². The zero-order valence-corrected chi connectivity index (χ0v) is 4.36. The van der Waals surface area contributed by atoms with Crippen molar-refractivity contribution in [1.82, 2.24) is 0 Å². The summed E-state index contributed by atoms with van der Waals surface area (Å²) < 4.78 is 0. The van der Waals surface area contributed by atoms with Gasteiger partial charge >= 0.3 is 0 Å². The van der Waals surface area contributed by atoms with Gasteiger partial charge in [-0.3, -0.25) is 0 Å². The van der Waals surface area contributed by atoms with Gasteiger partial charge in [-0.15, -0.1) is 0 Å². The molecule has 2 N–H and O–H groups in total. The van der Waals surface area contributed by atoms with E-state index < -0.39 is 12.2 Å². The van der Waals surface area contributed by atoms with E-state index in [1.54, 1.807) is 24.3 Å². The largest absolute Gasteiger partial charge is 0.386 e. The fraction of sp³-hybridized carbons (Fsp3) is 0.333. The molecule has 1 rings (SSSR count). The van der Waals surface area contributed by atoms with E-state index in [-0.39, 0.29) is 0 Å². The average Bonchev–Trinajstić information content (AvgIpc) is 1.77. The third-order valence-corrected chi connectivity index (χ3v) is 1.08. The quantitative estimate of drug-likeness (QED) is 0.457. The predicted octanol–water partition coefficient (Wildman–Crippen LogP) is -0.166. The highest BCUT2D eigenvalue weighted by molar-refractivity contribution is 5.15. The van der Waals surface area contributed by atoms with E-state index in [1.807, 2.05) is 0 Å². The number of hydrogen-bond donors (Lipinski definition) is 2. The Morgan fingerprint density at radius 1 is 0.875 bits per heavy atom. The van der Waals surface area contributed by atoms with Crippen LogP contribution < -0.4 is 0 Å². The van der Waals surface area contributed by atoms with E-state index >= 15 is 0 Å². The SMILES string of the molecule is O[C@H]1C=CC=C[C@@H]1O. The fourth-order valence-electron chi connectivity index (χ4n) is 0.584. The molecule has 0 radical (unpaired) electrons. The van der Waals surface area contributed by atoms with Gasteiger partial charge in [0.15, 0.2) is 0 Å². The van der Waals surface area contributed by atoms with E-state index in [0.717, 1.165) is 0 Å². The second-order valence-electron chi connectivity index (χ2n) is 1.75. The summed E-state index contributed by atoms with van der Waals surface area (Å²) in [7, 11) is 0. The minimum atomic E-state index is -0.708. The molecule has 0 aliphatic heterocycles. The second kappa shape index (κ2) is 2.11. The first-order chi connectivity index (χ1) is 3.80. The molecule has 1 aliphatic carbocycles. The third kappa shape index (κ3) is 0.967. The minimum absolute atomic E-state index is 0.708. The van der Waals surface area contributed by atoms with Gasteiger partial charge in [-0.2, -0.15) is 0 Å². The molecule has 0 saturated heterocycles. The Hall–Kier alpha value is -0.600. The summed E-state index contributed by atoms with van der Waals surface area (Å²) >= 11 is 0. The molecule has 0 bridgehead atoms. The normalized spacial score (nSPS) is 35.8. The lowest BCUT2D eigenvalue weighted by Crippen LogP contribution is -2.22. The molecule has 2 atom stereocenters. The first-order valence-electron chi connectivity index (χ1n) is 2.52. The number of hydrogen-bond acceptors (Lipinski definition) is 2. The lowest BCUT2D eigenvalue weighted by molar-refractivity contribution is 0.0794. The zero-order chi connectivity index (χ0) is 5.98. The number of aliphatic hydroxyl groups is 2. The smallest absolute Gasteiger partial charge is 0.102 e. The zero-order valence-electron chi connectivity index (χ0n) is 4.36. The Morgan fingerprint density at radius 3 is 1.50 bits per heavy atom. The van der Waals surface area contributed by atoms with Gasteiger partial charge in [0.1, 0.15) is 12.2 Å². The second-order valence-corrected chi connectivity index (χ2v) is 1.75. The van der Waals surface area contributed by atoms with Gasteiger partial charge in [0.2, 0.25) is 0 Å². The standard InChI is InChI=1S/C6H8O2/c7-5-3-1-2-4-6(5)8/h1-8H/t5-,6-/m0/s1. The molecule has 2 heteroatoms. The molecular weight excluding hydrogens is 104 g/mol. The highest BCUT2D eigenvalue weighted by atomic mass is 16.3. The minimum Gasteiger partial charge on any atom is -0.386 e. The highest BCUT2D eigenvalue weighted by Crippen LogP contribution is 2.02. The molecule has 0 aromatic heterocycles. The van der Waals surface area contributed by atoms with Gasteiger partial charge in [0, 0.05) is 0 Å². The third-order valence-electron chi connectivity index (χ3n) is 1.08. The van der Waals surface area contributed by atoms with Crippen molar-refractivity contribution in [2.75, 3.05) is 0 Å². The van der Waals surface area contributed by atoms with E-state index in [0.29, 0.717) is 0 Å². The van der Waals surface area contributed by atoms with Crippen molar-refractivity contribution >= 4 is 0 Å². The number of aliphatic hydroxyl groups excluding tert-OH is 2. The van der Waals surface area contributed by atoms with Crippen molar-refractivity contribution in [3.8, 4) is 0 Å². The van der Waals surface area contributed by atoms with Gasteiger partial charge in [0.05, 0.1) is 0 Å². The van der Waals surface area contributed by atoms with Crippen LogP contribution in [-0.2, 0) is 0 Å². The van der Waals surface area contributed by atoms with Gasteiger partial charge in [-0.25, -0.2) is 0 Å². The molecule has 0 aromatic carbocycles. The number of allylic oxidation sites excluding steroid dienone is 2. The van der Waals surface area contributed by atoms with Crippen molar-refractivity contribution in [3.63, 3.8) is 0 Å². The topological polar surface area (TPSA) is 40.5 Å². The van der Waals surface area contributed by atoms with Crippen LogP contribution in [0.4, 0.5) is 0 Å². The Bertz CT molecular complexity index is 110. The molecule has 0 unspecified atom stereocenters.